The minimum atomic E-state index is -1.11. The molecular formula is C22H26N2O7. The number of H-pyrrole nitrogens is 1. The molecule has 9 nitrogen and oxygen atoms in total. The number of aromatic amines is 1. The number of allylic oxidation sites excluding steroid dienone is 2. The number of fused-ring (bicyclic) bond motifs is 1. The van der Waals surface area contributed by atoms with E-state index >= 15 is 0 Å². The number of carbonyl (C=O) groups is 5. The van der Waals surface area contributed by atoms with Gasteiger partial charge in [-0.1, -0.05) is 12.2 Å². The Morgan fingerprint density at radius 3 is 2.26 bits per heavy atom. The van der Waals surface area contributed by atoms with E-state index in [1.807, 2.05) is 12.2 Å². The van der Waals surface area contributed by atoms with Crippen LogP contribution < -0.4 is 0 Å². The van der Waals surface area contributed by atoms with Crippen LogP contribution in [0.3, 0.4) is 0 Å². The van der Waals surface area contributed by atoms with Crippen LogP contribution in [0.4, 0.5) is 0 Å². The van der Waals surface area contributed by atoms with E-state index in [1.165, 1.54) is 14.0 Å². The van der Waals surface area contributed by atoms with Crippen molar-refractivity contribution in [2.45, 2.75) is 46.1 Å². The van der Waals surface area contributed by atoms with E-state index in [0.717, 1.165) is 4.90 Å². The van der Waals surface area contributed by atoms with Gasteiger partial charge in [-0.25, -0.2) is 4.79 Å². The number of ketones is 1. The number of methoxy groups -OCH3 is 1. The lowest BCUT2D eigenvalue weighted by Crippen LogP contribution is -2.34. The summed E-state index contributed by atoms with van der Waals surface area (Å²) in [6.45, 7) is 4.61. The van der Waals surface area contributed by atoms with Crippen LogP contribution in [0.2, 0.25) is 0 Å². The summed E-state index contributed by atoms with van der Waals surface area (Å²) in [5.41, 5.74) is 1.33. The molecule has 166 valence electrons. The lowest BCUT2D eigenvalue weighted by atomic mass is 9.85. The van der Waals surface area contributed by atoms with Crippen molar-refractivity contribution in [1.29, 1.82) is 0 Å². The Bertz CT molecular complexity index is 949. The topological polar surface area (TPSA) is 123 Å². The van der Waals surface area contributed by atoms with Gasteiger partial charge in [0.1, 0.15) is 0 Å². The number of carbonyl (C=O) groups excluding carboxylic acids is 5. The van der Waals surface area contributed by atoms with Crippen LogP contribution in [0.1, 0.15) is 58.3 Å². The van der Waals surface area contributed by atoms with E-state index in [2.05, 4.69) is 4.98 Å². The van der Waals surface area contributed by atoms with Crippen molar-refractivity contribution in [2.75, 3.05) is 13.7 Å². The maximum absolute atomic E-state index is 12.7. The second-order valence-electron chi connectivity index (χ2n) is 7.85. The maximum atomic E-state index is 12.7. The Labute approximate surface area is 179 Å². The maximum Gasteiger partial charge on any atom is 0.339 e. The molecule has 9 heteroatoms. The van der Waals surface area contributed by atoms with Gasteiger partial charge in [0.25, 0.3) is 0 Å². The van der Waals surface area contributed by atoms with Crippen LogP contribution in [-0.2, 0) is 23.9 Å². The molecule has 0 unspecified atom stereocenters. The predicted molar refractivity (Wildman–Crippen MR) is 108 cm³/mol. The molecule has 31 heavy (non-hydrogen) atoms. The quantitative estimate of drug-likeness (QED) is 0.303. The molecule has 0 saturated carbocycles. The third-order valence-electron chi connectivity index (χ3n) is 5.89. The zero-order valence-electron chi connectivity index (χ0n) is 18.0. The van der Waals surface area contributed by atoms with Gasteiger partial charge in [-0.15, -0.1) is 0 Å². The van der Waals surface area contributed by atoms with Gasteiger partial charge in [0, 0.05) is 12.2 Å². The van der Waals surface area contributed by atoms with Gasteiger partial charge >= 0.3 is 11.9 Å². The second-order valence-corrected chi connectivity index (χ2v) is 7.85. The fourth-order valence-electron chi connectivity index (χ4n) is 4.21. The molecule has 0 aromatic carbocycles. The highest BCUT2D eigenvalue weighted by Crippen LogP contribution is 2.35. The van der Waals surface area contributed by atoms with E-state index < -0.39 is 23.8 Å². The second kappa shape index (κ2) is 8.87. The molecule has 1 saturated heterocycles. The van der Waals surface area contributed by atoms with Gasteiger partial charge in [-0.3, -0.25) is 24.1 Å². The van der Waals surface area contributed by atoms with E-state index in [1.54, 1.807) is 13.8 Å². The Kier molecular flexibility index (Phi) is 6.42. The van der Waals surface area contributed by atoms with E-state index in [-0.39, 0.29) is 47.9 Å². The number of esters is 2. The summed E-state index contributed by atoms with van der Waals surface area (Å²) in [5.74, 6) is -2.97. The molecule has 1 aliphatic carbocycles. The smallest absolute Gasteiger partial charge is 0.339 e. The molecule has 2 aliphatic rings. The molecule has 0 spiro atoms. The Hall–Kier alpha value is -3.23. The number of imide groups is 1. The predicted octanol–water partition coefficient (Wildman–Crippen LogP) is 1.87. The lowest BCUT2D eigenvalue weighted by molar-refractivity contribution is -0.147. The number of likely N-dealkylation sites (tertiary alicyclic amines) is 1. The molecule has 1 aromatic rings. The van der Waals surface area contributed by atoms with Crippen LogP contribution in [-0.4, -0.2) is 59.2 Å². The van der Waals surface area contributed by atoms with Gasteiger partial charge < -0.3 is 14.5 Å². The third-order valence-corrected chi connectivity index (χ3v) is 5.89. The number of rotatable bonds is 7. The molecule has 3 atom stereocenters. The van der Waals surface area contributed by atoms with Crippen LogP contribution in [0.5, 0.6) is 0 Å². The highest BCUT2D eigenvalue weighted by atomic mass is 16.5. The van der Waals surface area contributed by atoms with Gasteiger partial charge in [-0.05, 0) is 39.2 Å². The zero-order chi connectivity index (χ0) is 22.9. The standard InChI is InChI=1S/C22H26N2O7/c1-11-17(22(29)30-4)12(2)23-18(11)19(26)13(3)31-16(25)9-10-24-20(27)14-7-5-6-8-15(14)21(24)28/h5-6,13-15,23H,7-10H2,1-4H3/t13-,14-,15+/m0/s1. The molecule has 1 N–H and O–H groups in total. The highest BCUT2D eigenvalue weighted by molar-refractivity contribution is 6.06. The molecule has 2 amide bonds. The minimum absolute atomic E-state index is 0.0719. The normalized spacial score (nSPS) is 21.1. The minimum Gasteiger partial charge on any atom is -0.465 e. The first kappa shape index (κ1) is 22.5. The number of ether oxygens (including phenoxy) is 2. The van der Waals surface area contributed by atoms with Crippen LogP contribution in [0.15, 0.2) is 12.2 Å². The van der Waals surface area contributed by atoms with Gasteiger partial charge in [0.15, 0.2) is 6.10 Å². The largest absolute Gasteiger partial charge is 0.465 e. The average molecular weight is 430 g/mol. The number of nitrogens with zero attached hydrogens (tertiary/aromatic N) is 1. The number of hydrogen-bond donors (Lipinski definition) is 1. The first-order valence-electron chi connectivity index (χ1n) is 10.2. The molecule has 0 radical (unpaired) electrons. The van der Waals surface area contributed by atoms with Crippen molar-refractivity contribution < 1.29 is 33.4 Å². The zero-order valence-corrected chi connectivity index (χ0v) is 18.0. The molecule has 0 bridgehead atoms. The van der Waals surface area contributed by atoms with Gasteiger partial charge in [0.2, 0.25) is 17.6 Å². The molecule has 1 aliphatic heterocycles. The van der Waals surface area contributed by atoms with Crippen LogP contribution >= 0.6 is 0 Å². The molecule has 2 heterocycles. The number of aromatic nitrogens is 1. The number of aryl methyl sites for hydroxylation is 1. The summed E-state index contributed by atoms with van der Waals surface area (Å²) in [4.78, 5) is 65.8. The fraction of sp³-hybridized carbons (Fsp3) is 0.500. The van der Waals surface area contributed by atoms with Gasteiger partial charge in [-0.2, -0.15) is 0 Å². The monoisotopic (exact) mass is 430 g/mol. The number of Topliss-reactive ketones (excluding diaryl/α,β-unsaturated/α-hetero) is 1. The Morgan fingerprint density at radius 1 is 1.13 bits per heavy atom. The van der Waals surface area contributed by atoms with E-state index in [0.29, 0.717) is 24.1 Å². The summed E-state index contributed by atoms with van der Waals surface area (Å²) in [6, 6.07) is 0. The van der Waals surface area contributed by atoms with Crippen molar-refractivity contribution in [3.63, 3.8) is 0 Å². The molecule has 3 rings (SSSR count). The molecule has 1 fully saturated rings. The first-order valence-corrected chi connectivity index (χ1v) is 10.2. The summed E-state index contributed by atoms with van der Waals surface area (Å²) in [5, 5.41) is 0. The average Bonchev–Trinajstić information content (AvgIpc) is 3.18. The van der Waals surface area contributed by atoms with E-state index in [9.17, 15) is 24.0 Å². The number of hydrogen-bond acceptors (Lipinski definition) is 7. The SMILES string of the molecule is COC(=O)c1c(C)[nH]c(C(=O)[C@H](C)OC(=O)CCN2C(=O)[C@H]3CC=CC[C@H]3C2=O)c1C. The molecule has 1 aromatic heterocycles. The Balaban J connectivity index is 1.59. The van der Waals surface area contributed by atoms with Crippen molar-refractivity contribution in [3.05, 3.63) is 34.7 Å². The van der Waals surface area contributed by atoms with Crippen LogP contribution in [0.25, 0.3) is 0 Å². The number of amides is 2. The molecular weight excluding hydrogens is 404 g/mol. The van der Waals surface area contributed by atoms with Crippen molar-refractivity contribution in [2.24, 2.45) is 11.8 Å². The third kappa shape index (κ3) is 4.17. The van der Waals surface area contributed by atoms with Gasteiger partial charge in [0.05, 0.1) is 36.6 Å². The lowest BCUT2D eigenvalue weighted by Gasteiger charge is -2.16. The first-order chi connectivity index (χ1) is 14.7. The Morgan fingerprint density at radius 2 is 1.71 bits per heavy atom. The highest BCUT2D eigenvalue weighted by Gasteiger charge is 2.47. The van der Waals surface area contributed by atoms with E-state index in [4.69, 9.17) is 9.47 Å². The summed E-state index contributed by atoms with van der Waals surface area (Å²) < 4.78 is 9.95. The summed E-state index contributed by atoms with van der Waals surface area (Å²) in [6.07, 6.45) is 3.55. The van der Waals surface area contributed by atoms with Crippen LogP contribution in [0, 0.1) is 25.7 Å². The fourth-order valence-corrected chi connectivity index (χ4v) is 4.21. The van der Waals surface area contributed by atoms with Crippen molar-refractivity contribution in [1.82, 2.24) is 9.88 Å². The summed E-state index contributed by atoms with van der Waals surface area (Å²) >= 11 is 0. The van der Waals surface area contributed by atoms with Crippen molar-refractivity contribution in [3.8, 4) is 0 Å². The number of nitrogens with one attached hydrogen (secondary N) is 1. The summed E-state index contributed by atoms with van der Waals surface area (Å²) in [7, 11) is 1.25. The van der Waals surface area contributed by atoms with Crippen molar-refractivity contribution >= 4 is 29.5 Å².